The zero-order valence-corrected chi connectivity index (χ0v) is 18.4. The van der Waals surface area contributed by atoms with Crippen LogP contribution >= 0.6 is 0 Å². The summed E-state index contributed by atoms with van der Waals surface area (Å²) in [5, 5.41) is 0. The monoisotopic (exact) mass is 440 g/mol. The molecule has 170 valence electrons. The molecular weight excluding hydrogens is 412 g/mol. The van der Waals surface area contributed by atoms with Gasteiger partial charge >= 0.3 is 5.97 Å². The molecule has 2 aliphatic rings. The molecule has 4 rings (SSSR count). The van der Waals surface area contributed by atoms with Crippen LogP contribution < -0.4 is 15.9 Å². The first-order valence-electron chi connectivity index (χ1n) is 10.9. The second kappa shape index (κ2) is 8.78. The van der Waals surface area contributed by atoms with Crippen molar-refractivity contribution in [2.75, 3.05) is 26.9 Å². The van der Waals surface area contributed by atoms with Gasteiger partial charge in [-0.25, -0.2) is 4.79 Å². The normalized spacial score (nSPS) is 15.4. The number of carbonyl (C=O) groups is 2. The Kier molecular flexibility index (Phi) is 6.06. The molecule has 8 heteroatoms. The molecule has 0 radical (unpaired) electrons. The first kappa shape index (κ1) is 22.1. The van der Waals surface area contributed by atoms with E-state index in [-0.39, 0.29) is 23.3 Å². The molecule has 1 fully saturated rings. The van der Waals surface area contributed by atoms with Gasteiger partial charge < -0.3 is 24.5 Å². The Balaban J connectivity index is 1.82. The van der Waals surface area contributed by atoms with Crippen LogP contribution in [-0.2, 0) is 21.4 Å². The van der Waals surface area contributed by atoms with Crippen LogP contribution in [0.1, 0.15) is 58.9 Å². The van der Waals surface area contributed by atoms with Gasteiger partial charge in [0.05, 0.1) is 24.5 Å². The molecule has 1 aliphatic carbocycles. The van der Waals surface area contributed by atoms with Gasteiger partial charge in [-0.1, -0.05) is 0 Å². The lowest BCUT2D eigenvalue weighted by atomic mass is 9.69. The fourth-order valence-corrected chi connectivity index (χ4v) is 4.64. The van der Waals surface area contributed by atoms with Crippen molar-refractivity contribution in [2.24, 2.45) is 5.73 Å². The average molecular weight is 440 g/mol. The maximum absolute atomic E-state index is 12.8. The summed E-state index contributed by atoms with van der Waals surface area (Å²) in [7, 11) is 1.62. The van der Waals surface area contributed by atoms with E-state index in [0.29, 0.717) is 37.5 Å². The third kappa shape index (κ3) is 3.79. The molecule has 1 amide bonds. The van der Waals surface area contributed by atoms with Crippen LogP contribution in [0.25, 0.3) is 11.3 Å². The number of hydrogen-bond donors (Lipinski definition) is 1. The Labute approximate surface area is 186 Å². The van der Waals surface area contributed by atoms with E-state index in [1.54, 1.807) is 26.3 Å². The topological polar surface area (TPSA) is 110 Å². The van der Waals surface area contributed by atoms with Gasteiger partial charge in [0.25, 0.3) is 5.91 Å². The fourth-order valence-electron chi connectivity index (χ4n) is 4.64. The summed E-state index contributed by atoms with van der Waals surface area (Å²) in [6.07, 6.45) is 5.96. The predicted molar refractivity (Wildman–Crippen MR) is 118 cm³/mol. The Morgan fingerprint density at radius 2 is 1.94 bits per heavy atom. The minimum atomic E-state index is -0.620. The lowest BCUT2D eigenvalue weighted by Gasteiger charge is -2.48. The molecule has 8 nitrogen and oxygen atoms in total. The number of amides is 1. The van der Waals surface area contributed by atoms with Crippen LogP contribution in [0.4, 0.5) is 0 Å². The standard InChI is InChI=1S/C24H28N2O6/c1-3-31-23(29)18-14-26-19(12-20(18)27)16-11-17(22(25)28)21(32-9-5-8-30-2)10-15(16)13-24(26)6-4-7-24/h10-12,14H,3-9,13H2,1-2H3,(H2,25,28). The molecule has 32 heavy (non-hydrogen) atoms. The predicted octanol–water partition coefficient (Wildman–Crippen LogP) is 2.64. The summed E-state index contributed by atoms with van der Waals surface area (Å²) in [5.74, 6) is -0.776. The van der Waals surface area contributed by atoms with E-state index < -0.39 is 17.3 Å². The highest BCUT2D eigenvalue weighted by Gasteiger charge is 2.44. The zero-order chi connectivity index (χ0) is 22.9. The number of ether oxygens (including phenoxy) is 3. The van der Waals surface area contributed by atoms with E-state index in [0.717, 1.165) is 30.4 Å². The summed E-state index contributed by atoms with van der Waals surface area (Å²) in [4.78, 5) is 37.3. The van der Waals surface area contributed by atoms with E-state index >= 15 is 0 Å². The highest BCUT2D eigenvalue weighted by Crippen LogP contribution is 2.49. The molecule has 0 bridgehead atoms. The van der Waals surface area contributed by atoms with E-state index in [2.05, 4.69) is 0 Å². The van der Waals surface area contributed by atoms with Gasteiger partial charge in [-0.15, -0.1) is 0 Å². The van der Waals surface area contributed by atoms with Crippen molar-refractivity contribution in [1.29, 1.82) is 0 Å². The number of nitrogens with two attached hydrogens (primary N) is 1. The van der Waals surface area contributed by atoms with Crippen molar-refractivity contribution in [1.82, 2.24) is 4.57 Å². The van der Waals surface area contributed by atoms with Gasteiger partial charge in [-0.3, -0.25) is 9.59 Å². The van der Waals surface area contributed by atoms with Crippen molar-refractivity contribution < 1.29 is 23.8 Å². The van der Waals surface area contributed by atoms with E-state index in [1.807, 2.05) is 10.6 Å². The first-order valence-corrected chi connectivity index (χ1v) is 10.9. The number of carbonyl (C=O) groups excluding carboxylic acids is 2. The summed E-state index contributed by atoms with van der Waals surface area (Å²) in [5.41, 5.74) is 7.75. The smallest absolute Gasteiger partial charge is 0.343 e. The molecular formula is C24H28N2O6. The maximum Gasteiger partial charge on any atom is 0.343 e. The van der Waals surface area contributed by atoms with Gasteiger partial charge in [0.15, 0.2) is 5.43 Å². The van der Waals surface area contributed by atoms with Crippen molar-refractivity contribution in [3.63, 3.8) is 0 Å². The van der Waals surface area contributed by atoms with E-state index in [4.69, 9.17) is 19.9 Å². The molecule has 0 unspecified atom stereocenters. The molecule has 1 aromatic heterocycles. The number of primary amides is 1. The third-order valence-electron chi connectivity index (χ3n) is 6.36. The zero-order valence-electron chi connectivity index (χ0n) is 18.4. The average Bonchev–Trinajstić information content (AvgIpc) is 2.74. The number of aromatic nitrogens is 1. The molecule has 1 saturated carbocycles. The van der Waals surface area contributed by atoms with Crippen LogP contribution in [-0.4, -0.2) is 43.4 Å². The molecule has 2 heterocycles. The van der Waals surface area contributed by atoms with Crippen LogP contribution in [0.15, 0.2) is 29.2 Å². The molecule has 2 N–H and O–H groups in total. The van der Waals surface area contributed by atoms with Gasteiger partial charge in [0, 0.05) is 43.5 Å². The van der Waals surface area contributed by atoms with Crippen LogP contribution in [0.2, 0.25) is 0 Å². The molecule has 1 aromatic carbocycles. The maximum atomic E-state index is 12.8. The van der Waals surface area contributed by atoms with Crippen molar-refractivity contribution >= 4 is 11.9 Å². The number of nitrogens with zero attached hydrogens (tertiary/aromatic N) is 1. The van der Waals surface area contributed by atoms with Crippen molar-refractivity contribution in [3.05, 3.63) is 51.3 Å². The summed E-state index contributed by atoms with van der Waals surface area (Å²) in [6, 6.07) is 5.04. The summed E-state index contributed by atoms with van der Waals surface area (Å²) >= 11 is 0. The number of methoxy groups -OCH3 is 1. The van der Waals surface area contributed by atoms with Crippen molar-refractivity contribution in [2.45, 2.75) is 44.6 Å². The second-order valence-corrected chi connectivity index (χ2v) is 8.35. The van der Waals surface area contributed by atoms with Gasteiger partial charge in [-0.2, -0.15) is 0 Å². The molecule has 1 spiro atoms. The van der Waals surface area contributed by atoms with Gasteiger partial charge in [0.2, 0.25) is 0 Å². The Morgan fingerprint density at radius 1 is 1.16 bits per heavy atom. The Morgan fingerprint density at radius 3 is 2.56 bits per heavy atom. The van der Waals surface area contributed by atoms with E-state index in [9.17, 15) is 14.4 Å². The van der Waals surface area contributed by atoms with Crippen molar-refractivity contribution in [3.8, 4) is 17.0 Å². The number of esters is 1. The van der Waals surface area contributed by atoms with Crippen LogP contribution in [0.5, 0.6) is 5.75 Å². The number of fused-ring (bicyclic) bond motifs is 4. The van der Waals surface area contributed by atoms with Gasteiger partial charge in [0.1, 0.15) is 11.3 Å². The van der Waals surface area contributed by atoms with Gasteiger partial charge in [-0.05, 0) is 50.3 Å². The largest absolute Gasteiger partial charge is 0.493 e. The SMILES string of the molecule is CCOC(=O)c1cn2c(cc1=O)-c1cc(C(N)=O)c(OCCCOC)cc1CC21CCC1. The summed E-state index contributed by atoms with van der Waals surface area (Å²) in [6.45, 7) is 2.86. The Hall–Kier alpha value is -3.13. The quantitative estimate of drug-likeness (QED) is 0.499. The summed E-state index contributed by atoms with van der Waals surface area (Å²) < 4.78 is 18.0. The number of hydrogen-bond acceptors (Lipinski definition) is 6. The molecule has 0 saturated heterocycles. The van der Waals surface area contributed by atoms with Crippen LogP contribution in [0.3, 0.4) is 0 Å². The number of pyridine rings is 1. The fraction of sp³-hybridized carbons (Fsp3) is 0.458. The number of benzene rings is 1. The lowest BCUT2D eigenvalue weighted by Crippen LogP contribution is -2.46. The molecule has 2 aromatic rings. The minimum Gasteiger partial charge on any atom is -0.493 e. The Bertz CT molecular complexity index is 1120. The highest BCUT2D eigenvalue weighted by molar-refractivity contribution is 5.97. The molecule has 0 atom stereocenters. The third-order valence-corrected chi connectivity index (χ3v) is 6.36. The minimum absolute atomic E-state index is 0.0264. The first-order chi connectivity index (χ1) is 15.4. The second-order valence-electron chi connectivity index (χ2n) is 8.35. The van der Waals surface area contributed by atoms with Crippen LogP contribution in [0, 0.1) is 0 Å². The van der Waals surface area contributed by atoms with E-state index in [1.165, 1.54) is 6.07 Å². The highest BCUT2D eigenvalue weighted by atomic mass is 16.5. The number of rotatable bonds is 8. The lowest BCUT2D eigenvalue weighted by molar-refractivity contribution is 0.0521. The molecule has 1 aliphatic heterocycles.